The number of aromatic amines is 1. The molecule has 6 N–H and O–H groups in total. The van der Waals surface area contributed by atoms with E-state index in [1.165, 1.54) is 0 Å². The van der Waals surface area contributed by atoms with Crippen molar-refractivity contribution in [3.05, 3.63) is 71.4 Å². The van der Waals surface area contributed by atoms with Crippen LogP contribution in [0.25, 0.3) is 10.9 Å². The Hall–Kier alpha value is -2.63. The van der Waals surface area contributed by atoms with Gasteiger partial charge in [-0.15, -0.1) is 0 Å². The molecule has 1 amide bonds. The van der Waals surface area contributed by atoms with E-state index in [9.17, 15) is 9.90 Å². The highest BCUT2D eigenvalue weighted by Crippen LogP contribution is 2.26. The average Bonchev–Trinajstić information content (AvgIpc) is 3.06. The Balaban J connectivity index is 1.85. The SMILES string of the molecule is NC[C@@H](Cc1cccc(C(O)c2ccc3[nH]ccc3c2)c1)C(N)=O. The molecule has 0 aliphatic heterocycles. The van der Waals surface area contributed by atoms with Crippen molar-refractivity contribution in [3.63, 3.8) is 0 Å². The first-order chi connectivity index (χ1) is 11.6. The van der Waals surface area contributed by atoms with E-state index in [1.807, 2.05) is 54.7 Å². The molecule has 3 aromatic rings. The predicted molar refractivity (Wildman–Crippen MR) is 94.2 cm³/mol. The highest BCUT2D eigenvalue weighted by molar-refractivity contribution is 5.80. The van der Waals surface area contributed by atoms with Crippen molar-refractivity contribution >= 4 is 16.8 Å². The summed E-state index contributed by atoms with van der Waals surface area (Å²) in [5.74, 6) is -0.796. The summed E-state index contributed by atoms with van der Waals surface area (Å²) in [5, 5.41) is 11.7. The molecule has 0 aliphatic rings. The van der Waals surface area contributed by atoms with Crippen LogP contribution in [0.2, 0.25) is 0 Å². The third-order valence-corrected chi connectivity index (χ3v) is 4.33. The van der Waals surface area contributed by atoms with E-state index in [-0.39, 0.29) is 6.54 Å². The molecule has 1 aromatic heterocycles. The molecule has 0 bridgehead atoms. The number of hydrogen-bond donors (Lipinski definition) is 4. The largest absolute Gasteiger partial charge is 0.384 e. The van der Waals surface area contributed by atoms with Crippen molar-refractivity contribution in [1.29, 1.82) is 0 Å². The van der Waals surface area contributed by atoms with Gasteiger partial charge in [0.15, 0.2) is 0 Å². The van der Waals surface area contributed by atoms with Crippen LogP contribution in [0.4, 0.5) is 0 Å². The first-order valence-corrected chi connectivity index (χ1v) is 7.92. The zero-order chi connectivity index (χ0) is 17.1. The summed E-state index contributed by atoms with van der Waals surface area (Å²) in [4.78, 5) is 14.5. The minimum absolute atomic E-state index is 0.215. The van der Waals surface area contributed by atoms with Crippen LogP contribution >= 0.6 is 0 Å². The van der Waals surface area contributed by atoms with Crippen LogP contribution in [0.5, 0.6) is 0 Å². The number of benzene rings is 2. The molecule has 0 spiro atoms. The first-order valence-electron chi connectivity index (χ1n) is 7.92. The summed E-state index contributed by atoms with van der Waals surface area (Å²) in [6.07, 6.45) is 1.62. The van der Waals surface area contributed by atoms with Crippen LogP contribution in [0, 0.1) is 5.92 Å². The fourth-order valence-corrected chi connectivity index (χ4v) is 2.91. The van der Waals surface area contributed by atoms with E-state index >= 15 is 0 Å². The van der Waals surface area contributed by atoms with Crippen LogP contribution in [-0.4, -0.2) is 22.5 Å². The summed E-state index contributed by atoms with van der Waals surface area (Å²) in [6.45, 7) is 0.215. The number of aliphatic hydroxyl groups excluding tert-OH is 1. The molecule has 5 nitrogen and oxygen atoms in total. The van der Waals surface area contributed by atoms with Gasteiger partial charge < -0.3 is 21.6 Å². The van der Waals surface area contributed by atoms with Gasteiger partial charge in [0.2, 0.25) is 5.91 Å². The first kappa shape index (κ1) is 16.2. The van der Waals surface area contributed by atoms with Gasteiger partial charge in [-0.3, -0.25) is 4.79 Å². The summed E-state index contributed by atoms with van der Waals surface area (Å²) in [7, 11) is 0. The van der Waals surface area contributed by atoms with E-state index in [4.69, 9.17) is 11.5 Å². The molecule has 0 saturated carbocycles. The molecule has 124 valence electrons. The number of H-pyrrole nitrogens is 1. The Morgan fingerprint density at radius 2 is 1.92 bits per heavy atom. The molecule has 5 heteroatoms. The zero-order valence-electron chi connectivity index (χ0n) is 13.3. The lowest BCUT2D eigenvalue weighted by molar-refractivity contribution is -0.121. The number of nitrogens with one attached hydrogen (secondary N) is 1. The van der Waals surface area contributed by atoms with Gasteiger partial charge in [-0.05, 0) is 46.7 Å². The Labute approximate surface area is 140 Å². The van der Waals surface area contributed by atoms with Gasteiger partial charge in [0.05, 0.1) is 5.92 Å². The Morgan fingerprint density at radius 1 is 1.12 bits per heavy atom. The molecule has 0 fully saturated rings. The van der Waals surface area contributed by atoms with E-state index in [2.05, 4.69) is 4.98 Å². The number of primary amides is 1. The number of aromatic nitrogens is 1. The van der Waals surface area contributed by atoms with Crippen molar-refractivity contribution < 1.29 is 9.90 Å². The molecule has 0 saturated heterocycles. The second kappa shape index (κ2) is 6.86. The standard InChI is InChI=1S/C19H21N3O2/c20-11-16(19(21)24)9-12-2-1-3-14(8-12)18(23)15-4-5-17-13(10-15)6-7-22-17/h1-8,10,16,18,22-23H,9,11,20H2,(H2,21,24)/t16-,18?/m1/s1. The Kier molecular flexibility index (Phi) is 4.64. The Morgan fingerprint density at radius 3 is 2.67 bits per heavy atom. The lowest BCUT2D eigenvalue weighted by Gasteiger charge is -2.15. The van der Waals surface area contributed by atoms with Crippen molar-refractivity contribution in [2.75, 3.05) is 6.54 Å². The molecule has 0 radical (unpaired) electrons. The second-order valence-electron chi connectivity index (χ2n) is 6.01. The third-order valence-electron chi connectivity index (χ3n) is 4.33. The molecule has 0 aliphatic carbocycles. The van der Waals surface area contributed by atoms with Gasteiger partial charge in [-0.25, -0.2) is 0 Å². The van der Waals surface area contributed by atoms with Crippen molar-refractivity contribution in [2.24, 2.45) is 17.4 Å². The molecule has 1 heterocycles. The molecule has 1 unspecified atom stereocenters. The number of carbonyl (C=O) groups is 1. The predicted octanol–water partition coefficient (Wildman–Crippen LogP) is 1.85. The van der Waals surface area contributed by atoms with Crippen LogP contribution < -0.4 is 11.5 Å². The molecular weight excluding hydrogens is 302 g/mol. The minimum Gasteiger partial charge on any atom is -0.384 e. The smallest absolute Gasteiger partial charge is 0.222 e. The highest BCUT2D eigenvalue weighted by Gasteiger charge is 2.16. The summed E-state index contributed by atoms with van der Waals surface area (Å²) >= 11 is 0. The van der Waals surface area contributed by atoms with E-state index in [0.717, 1.165) is 27.6 Å². The van der Waals surface area contributed by atoms with E-state index < -0.39 is 17.9 Å². The molecule has 24 heavy (non-hydrogen) atoms. The number of amides is 1. The molecule has 2 aromatic carbocycles. The maximum atomic E-state index is 11.4. The number of hydrogen-bond acceptors (Lipinski definition) is 3. The monoisotopic (exact) mass is 323 g/mol. The minimum atomic E-state index is -0.728. The summed E-state index contributed by atoms with van der Waals surface area (Å²) in [6, 6.07) is 15.4. The van der Waals surface area contributed by atoms with Gasteiger partial charge in [0.1, 0.15) is 6.10 Å². The number of aliphatic hydroxyl groups is 1. The number of carbonyl (C=O) groups excluding carboxylic acids is 1. The van der Waals surface area contributed by atoms with Crippen LogP contribution in [0.3, 0.4) is 0 Å². The lowest BCUT2D eigenvalue weighted by Crippen LogP contribution is -2.31. The molecule has 2 atom stereocenters. The second-order valence-corrected chi connectivity index (χ2v) is 6.01. The highest BCUT2D eigenvalue weighted by atomic mass is 16.3. The van der Waals surface area contributed by atoms with E-state index in [0.29, 0.717) is 6.42 Å². The van der Waals surface area contributed by atoms with Gasteiger partial charge in [0.25, 0.3) is 0 Å². The van der Waals surface area contributed by atoms with Crippen LogP contribution in [0.15, 0.2) is 54.7 Å². The fourth-order valence-electron chi connectivity index (χ4n) is 2.91. The molecule has 3 rings (SSSR count). The number of rotatable bonds is 6. The quantitative estimate of drug-likeness (QED) is 0.556. The van der Waals surface area contributed by atoms with Crippen LogP contribution in [0.1, 0.15) is 22.8 Å². The summed E-state index contributed by atoms with van der Waals surface area (Å²) in [5.41, 5.74) is 14.5. The average molecular weight is 323 g/mol. The summed E-state index contributed by atoms with van der Waals surface area (Å²) < 4.78 is 0. The van der Waals surface area contributed by atoms with E-state index in [1.54, 1.807) is 0 Å². The fraction of sp³-hybridized carbons (Fsp3) is 0.211. The topological polar surface area (TPSA) is 105 Å². The maximum absolute atomic E-state index is 11.4. The van der Waals surface area contributed by atoms with Crippen molar-refractivity contribution in [2.45, 2.75) is 12.5 Å². The van der Waals surface area contributed by atoms with Gasteiger partial charge in [0, 0.05) is 18.3 Å². The third kappa shape index (κ3) is 3.32. The van der Waals surface area contributed by atoms with Gasteiger partial charge >= 0.3 is 0 Å². The number of fused-ring (bicyclic) bond motifs is 1. The van der Waals surface area contributed by atoms with Crippen molar-refractivity contribution in [3.8, 4) is 0 Å². The normalized spacial score (nSPS) is 13.8. The molecular formula is C19H21N3O2. The Bertz CT molecular complexity index is 856. The van der Waals surface area contributed by atoms with Gasteiger partial charge in [-0.1, -0.05) is 30.3 Å². The van der Waals surface area contributed by atoms with Crippen LogP contribution in [-0.2, 0) is 11.2 Å². The van der Waals surface area contributed by atoms with Gasteiger partial charge in [-0.2, -0.15) is 0 Å². The zero-order valence-corrected chi connectivity index (χ0v) is 13.3. The van der Waals surface area contributed by atoms with Crippen molar-refractivity contribution in [1.82, 2.24) is 4.98 Å². The lowest BCUT2D eigenvalue weighted by atomic mass is 9.94. The number of nitrogens with two attached hydrogens (primary N) is 2. The maximum Gasteiger partial charge on any atom is 0.222 e.